The molecule has 5 nitrogen and oxygen atoms in total. The Morgan fingerprint density at radius 1 is 1.64 bits per heavy atom. The van der Waals surface area contributed by atoms with Gasteiger partial charge < -0.3 is 16.0 Å². The van der Waals surface area contributed by atoms with Crippen LogP contribution in [0.15, 0.2) is 0 Å². The summed E-state index contributed by atoms with van der Waals surface area (Å²) in [7, 11) is 0. The molecule has 80 valence electrons. The Morgan fingerprint density at radius 3 is 3.00 bits per heavy atom. The van der Waals surface area contributed by atoms with Crippen LogP contribution < -0.4 is 16.0 Å². The predicted molar refractivity (Wildman–Crippen MR) is 52.7 cm³/mol. The molecule has 5 heteroatoms. The molecule has 2 amide bonds. The van der Waals surface area contributed by atoms with Crippen LogP contribution in [0.25, 0.3) is 0 Å². The largest absolute Gasteiger partial charge is 0.354 e. The van der Waals surface area contributed by atoms with Gasteiger partial charge in [-0.05, 0) is 6.54 Å². The Hall–Kier alpha value is -1.10. The normalized spacial score (nSPS) is 20.6. The van der Waals surface area contributed by atoms with Gasteiger partial charge in [-0.25, -0.2) is 0 Å². The number of carbonyl (C=O) groups excluding carboxylic acids is 2. The molecule has 0 radical (unpaired) electrons. The summed E-state index contributed by atoms with van der Waals surface area (Å²) >= 11 is 0. The SMILES string of the molecule is CCNCCC(=O)NC1CNC(=O)C1. The maximum atomic E-state index is 11.3. The van der Waals surface area contributed by atoms with Crippen molar-refractivity contribution in [3.63, 3.8) is 0 Å². The van der Waals surface area contributed by atoms with Crippen molar-refractivity contribution in [3.05, 3.63) is 0 Å². The summed E-state index contributed by atoms with van der Waals surface area (Å²) in [5.74, 6) is 0.0226. The molecule has 1 saturated heterocycles. The van der Waals surface area contributed by atoms with Gasteiger partial charge in [0.15, 0.2) is 0 Å². The van der Waals surface area contributed by atoms with Gasteiger partial charge in [-0.2, -0.15) is 0 Å². The van der Waals surface area contributed by atoms with Crippen LogP contribution in [-0.2, 0) is 9.59 Å². The smallest absolute Gasteiger partial charge is 0.222 e. The average Bonchev–Trinajstić information content (AvgIpc) is 2.52. The molecular weight excluding hydrogens is 182 g/mol. The topological polar surface area (TPSA) is 70.2 Å². The molecule has 0 aromatic heterocycles. The third-order valence-electron chi connectivity index (χ3n) is 2.12. The fourth-order valence-corrected chi connectivity index (χ4v) is 1.39. The standard InChI is InChI=1S/C9H17N3O2/c1-2-10-4-3-8(13)12-7-5-9(14)11-6-7/h7,10H,2-6H2,1H3,(H,11,14)(H,12,13). The van der Waals surface area contributed by atoms with E-state index >= 15 is 0 Å². The second-order valence-corrected chi connectivity index (χ2v) is 3.38. The van der Waals surface area contributed by atoms with E-state index in [2.05, 4.69) is 16.0 Å². The Morgan fingerprint density at radius 2 is 2.43 bits per heavy atom. The molecule has 0 saturated carbocycles. The minimum Gasteiger partial charge on any atom is -0.354 e. The summed E-state index contributed by atoms with van der Waals surface area (Å²) in [6.07, 6.45) is 0.880. The van der Waals surface area contributed by atoms with Gasteiger partial charge in [0, 0.05) is 25.9 Å². The fourth-order valence-electron chi connectivity index (χ4n) is 1.39. The predicted octanol–water partition coefficient (Wildman–Crippen LogP) is -1.01. The van der Waals surface area contributed by atoms with E-state index in [9.17, 15) is 9.59 Å². The fraction of sp³-hybridized carbons (Fsp3) is 0.778. The van der Waals surface area contributed by atoms with Crippen LogP contribution in [0.1, 0.15) is 19.8 Å². The number of nitrogens with one attached hydrogen (secondary N) is 3. The van der Waals surface area contributed by atoms with Gasteiger partial charge in [0.1, 0.15) is 0 Å². The molecular formula is C9H17N3O2. The minimum atomic E-state index is -0.0170. The molecule has 0 bridgehead atoms. The summed E-state index contributed by atoms with van der Waals surface area (Å²) in [5.41, 5.74) is 0. The monoisotopic (exact) mass is 199 g/mol. The van der Waals surface area contributed by atoms with Crippen molar-refractivity contribution in [3.8, 4) is 0 Å². The molecule has 1 rings (SSSR count). The summed E-state index contributed by atoms with van der Waals surface area (Å²) in [6.45, 7) is 4.12. The Kier molecular flexibility index (Phi) is 4.39. The van der Waals surface area contributed by atoms with Crippen LogP contribution in [0.4, 0.5) is 0 Å². The van der Waals surface area contributed by atoms with Gasteiger partial charge >= 0.3 is 0 Å². The van der Waals surface area contributed by atoms with Crippen LogP contribution in [0.5, 0.6) is 0 Å². The van der Waals surface area contributed by atoms with E-state index in [0.717, 1.165) is 6.54 Å². The molecule has 1 atom stereocenters. The minimum absolute atomic E-state index is 0.00690. The quantitative estimate of drug-likeness (QED) is 0.497. The molecule has 0 aliphatic carbocycles. The van der Waals surface area contributed by atoms with E-state index < -0.39 is 0 Å². The molecule has 0 aromatic rings. The van der Waals surface area contributed by atoms with E-state index in [4.69, 9.17) is 0 Å². The molecule has 1 fully saturated rings. The van der Waals surface area contributed by atoms with Gasteiger partial charge in [-0.15, -0.1) is 0 Å². The number of hydrogen-bond donors (Lipinski definition) is 3. The first-order valence-electron chi connectivity index (χ1n) is 4.99. The molecule has 1 aliphatic rings. The number of rotatable bonds is 5. The van der Waals surface area contributed by atoms with E-state index in [0.29, 0.717) is 25.9 Å². The lowest BCUT2D eigenvalue weighted by Gasteiger charge is -2.10. The van der Waals surface area contributed by atoms with E-state index in [1.165, 1.54) is 0 Å². The first-order chi connectivity index (χ1) is 6.72. The second-order valence-electron chi connectivity index (χ2n) is 3.38. The molecule has 1 heterocycles. The lowest BCUT2D eigenvalue weighted by molar-refractivity contribution is -0.121. The highest BCUT2D eigenvalue weighted by Crippen LogP contribution is 1.98. The summed E-state index contributed by atoms with van der Waals surface area (Å²) in [6, 6.07) is -0.0170. The van der Waals surface area contributed by atoms with Gasteiger partial charge in [0.25, 0.3) is 0 Å². The zero-order valence-corrected chi connectivity index (χ0v) is 8.43. The third kappa shape index (κ3) is 3.74. The highest BCUT2D eigenvalue weighted by Gasteiger charge is 2.22. The van der Waals surface area contributed by atoms with Crippen LogP contribution in [0.2, 0.25) is 0 Å². The number of carbonyl (C=O) groups is 2. The van der Waals surface area contributed by atoms with Crippen LogP contribution in [-0.4, -0.2) is 37.5 Å². The third-order valence-corrected chi connectivity index (χ3v) is 2.12. The maximum Gasteiger partial charge on any atom is 0.222 e. The summed E-state index contributed by atoms with van der Waals surface area (Å²) in [4.78, 5) is 22.1. The first kappa shape index (κ1) is 11.0. The van der Waals surface area contributed by atoms with Crippen LogP contribution in [0, 0.1) is 0 Å². The Labute approximate surface area is 83.6 Å². The maximum absolute atomic E-state index is 11.3. The zero-order valence-electron chi connectivity index (χ0n) is 8.43. The molecule has 1 aliphatic heterocycles. The highest BCUT2D eigenvalue weighted by molar-refractivity contribution is 5.82. The average molecular weight is 199 g/mol. The molecule has 0 spiro atoms. The highest BCUT2D eigenvalue weighted by atomic mass is 16.2. The van der Waals surface area contributed by atoms with Gasteiger partial charge in [-0.1, -0.05) is 6.92 Å². The number of hydrogen-bond acceptors (Lipinski definition) is 3. The molecule has 1 unspecified atom stereocenters. The second kappa shape index (κ2) is 5.59. The van der Waals surface area contributed by atoms with Gasteiger partial charge in [0.2, 0.25) is 11.8 Å². The number of amides is 2. The van der Waals surface area contributed by atoms with Crippen LogP contribution >= 0.6 is 0 Å². The van der Waals surface area contributed by atoms with Crippen molar-refractivity contribution in [2.24, 2.45) is 0 Å². The molecule has 3 N–H and O–H groups in total. The first-order valence-corrected chi connectivity index (χ1v) is 4.99. The van der Waals surface area contributed by atoms with E-state index in [1.54, 1.807) is 0 Å². The van der Waals surface area contributed by atoms with E-state index in [1.807, 2.05) is 6.92 Å². The van der Waals surface area contributed by atoms with Crippen LogP contribution in [0.3, 0.4) is 0 Å². The van der Waals surface area contributed by atoms with Crippen molar-refractivity contribution in [2.75, 3.05) is 19.6 Å². The Balaban J connectivity index is 2.11. The van der Waals surface area contributed by atoms with Gasteiger partial charge in [0.05, 0.1) is 6.04 Å². The van der Waals surface area contributed by atoms with Crippen molar-refractivity contribution < 1.29 is 9.59 Å². The lowest BCUT2D eigenvalue weighted by atomic mass is 10.2. The van der Waals surface area contributed by atoms with Crippen molar-refractivity contribution in [1.29, 1.82) is 0 Å². The molecule has 14 heavy (non-hydrogen) atoms. The zero-order chi connectivity index (χ0) is 10.4. The lowest BCUT2D eigenvalue weighted by Crippen LogP contribution is -2.37. The van der Waals surface area contributed by atoms with Crippen molar-refractivity contribution in [2.45, 2.75) is 25.8 Å². The summed E-state index contributed by atoms with van der Waals surface area (Å²) < 4.78 is 0. The van der Waals surface area contributed by atoms with E-state index in [-0.39, 0.29) is 17.9 Å². The van der Waals surface area contributed by atoms with Gasteiger partial charge in [-0.3, -0.25) is 9.59 Å². The van der Waals surface area contributed by atoms with Crippen molar-refractivity contribution in [1.82, 2.24) is 16.0 Å². The summed E-state index contributed by atoms with van der Waals surface area (Å²) in [5, 5.41) is 8.55. The van der Waals surface area contributed by atoms with Crippen molar-refractivity contribution >= 4 is 11.8 Å². The molecule has 0 aromatic carbocycles. The Bertz CT molecular complexity index is 218.